The van der Waals surface area contributed by atoms with Crippen molar-refractivity contribution < 1.29 is 0 Å². The number of aryl methyl sites for hydroxylation is 1. The Bertz CT molecular complexity index is 579. The predicted octanol–water partition coefficient (Wildman–Crippen LogP) is 4.55. The fourth-order valence-corrected chi connectivity index (χ4v) is 2.81. The van der Waals surface area contributed by atoms with Crippen molar-refractivity contribution in [3.05, 3.63) is 58.1 Å². The zero-order valence-corrected chi connectivity index (χ0v) is 13.1. The average Bonchev–Trinajstić information content (AvgIpc) is 2.38. The molecule has 2 aromatic rings. The van der Waals surface area contributed by atoms with E-state index in [-0.39, 0.29) is 6.04 Å². The lowest BCUT2D eigenvalue weighted by Crippen LogP contribution is -2.12. The van der Waals surface area contributed by atoms with Crippen molar-refractivity contribution in [2.45, 2.75) is 19.9 Å². The molecular weight excluding hydrogens is 300 g/mol. The van der Waals surface area contributed by atoms with E-state index in [2.05, 4.69) is 77.3 Å². The molecule has 0 aromatic heterocycles. The van der Waals surface area contributed by atoms with Gasteiger partial charge in [-0.25, -0.2) is 0 Å². The SMILES string of the molecule is Cc1ccccc1N(C)c1ccc([C@H](C)N)cc1Br. The van der Waals surface area contributed by atoms with Gasteiger partial charge in [0.1, 0.15) is 0 Å². The average molecular weight is 319 g/mol. The van der Waals surface area contributed by atoms with Crippen molar-refractivity contribution >= 4 is 27.3 Å². The summed E-state index contributed by atoms with van der Waals surface area (Å²) in [4.78, 5) is 2.18. The molecule has 0 heterocycles. The Balaban J connectivity index is 2.40. The molecule has 0 bridgehead atoms. The van der Waals surface area contributed by atoms with Gasteiger partial charge in [0.25, 0.3) is 0 Å². The minimum absolute atomic E-state index is 0.0501. The summed E-state index contributed by atoms with van der Waals surface area (Å²) in [6, 6.07) is 14.7. The van der Waals surface area contributed by atoms with E-state index in [9.17, 15) is 0 Å². The first-order valence-corrected chi connectivity index (χ1v) is 7.14. The summed E-state index contributed by atoms with van der Waals surface area (Å²) >= 11 is 3.64. The van der Waals surface area contributed by atoms with Gasteiger partial charge in [-0.15, -0.1) is 0 Å². The topological polar surface area (TPSA) is 29.3 Å². The Hall–Kier alpha value is -1.32. The second kappa shape index (κ2) is 5.76. The lowest BCUT2D eigenvalue weighted by Gasteiger charge is -2.23. The Morgan fingerprint density at radius 2 is 1.79 bits per heavy atom. The van der Waals surface area contributed by atoms with Crippen molar-refractivity contribution in [3.8, 4) is 0 Å². The van der Waals surface area contributed by atoms with Gasteiger partial charge in [-0.3, -0.25) is 0 Å². The normalized spacial score (nSPS) is 12.3. The van der Waals surface area contributed by atoms with Crippen LogP contribution in [0.3, 0.4) is 0 Å². The number of rotatable bonds is 3. The fourth-order valence-electron chi connectivity index (χ4n) is 2.15. The first-order valence-electron chi connectivity index (χ1n) is 6.35. The van der Waals surface area contributed by atoms with Crippen LogP contribution in [0.1, 0.15) is 24.1 Å². The van der Waals surface area contributed by atoms with E-state index in [1.165, 1.54) is 11.3 Å². The van der Waals surface area contributed by atoms with Crippen LogP contribution in [0.25, 0.3) is 0 Å². The lowest BCUT2D eigenvalue weighted by molar-refractivity contribution is 0.817. The third kappa shape index (κ3) is 2.99. The third-order valence-electron chi connectivity index (χ3n) is 3.34. The number of halogens is 1. The highest BCUT2D eigenvalue weighted by molar-refractivity contribution is 9.10. The highest BCUT2D eigenvalue weighted by Crippen LogP contribution is 2.33. The summed E-state index contributed by atoms with van der Waals surface area (Å²) in [5, 5.41) is 0. The molecule has 2 N–H and O–H groups in total. The first-order chi connectivity index (χ1) is 9.00. The van der Waals surface area contributed by atoms with Gasteiger partial charge in [0.15, 0.2) is 0 Å². The molecule has 2 aromatic carbocycles. The van der Waals surface area contributed by atoms with Gasteiger partial charge in [0, 0.05) is 23.2 Å². The summed E-state index contributed by atoms with van der Waals surface area (Å²) in [6.07, 6.45) is 0. The highest BCUT2D eigenvalue weighted by Gasteiger charge is 2.11. The number of hydrogen-bond acceptors (Lipinski definition) is 2. The van der Waals surface area contributed by atoms with Crippen molar-refractivity contribution in [1.82, 2.24) is 0 Å². The molecule has 3 heteroatoms. The zero-order chi connectivity index (χ0) is 14.0. The van der Waals surface area contributed by atoms with Gasteiger partial charge in [0.2, 0.25) is 0 Å². The van der Waals surface area contributed by atoms with Crippen LogP contribution in [0.2, 0.25) is 0 Å². The van der Waals surface area contributed by atoms with Crippen molar-refractivity contribution in [1.29, 1.82) is 0 Å². The number of nitrogens with two attached hydrogens (primary N) is 1. The molecule has 0 fully saturated rings. The van der Waals surface area contributed by atoms with Crippen LogP contribution in [0.5, 0.6) is 0 Å². The molecule has 100 valence electrons. The molecule has 2 nitrogen and oxygen atoms in total. The molecule has 0 aliphatic rings. The van der Waals surface area contributed by atoms with Gasteiger partial charge < -0.3 is 10.6 Å². The summed E-state index contributed by atoms with van der Waals surface area (Å²) < 4.78 is 1.06. The highest BCUT2D eigenvalue weighted by atomic mass is 79.9. The minimum atomic E-state index is 0.0501. The molecule has 0 radical (unpaired) electrons. The van der Waals surface area contributed by atoms with Gasteiger partial charge in [-0.2, -0.15) is 0 Å². The van der Waals surface area contributed by atoms with E-state index in [4.69, 9.17) is 5.73 Å². The van der Waals surface area contributed by atoms with Crippen LogP contribution in [0.15, 0.2) is 46.9 Å². The standard InChI is InChI=1S/C16H19BrN2/c1-11-6-4-5-7-15(11)19(3)16-9-8-13(12(2)18)10-14(16)17/h4-10,12H,18H2,1-3H3/t12-/m0/s1. The van der Waals surface area contributed by atoms with Crippen LogP contribution in [0, 0.1) is 6.92 Å². The largest absolute Gasteiger partial charge is 0.343 e. The Morgan fingerprint density at radius 1 is 1.11 bits per heavy atom. The molecule has 0 saturated carbocycles. The predicted molar refractivity (Wildman–Crippen MR) is 86.0 cm³/mol. The van der Waals surface area contributed by atoms with Gasteiger partial charge >= 0.3 is 0 Å². The maximum absolute atomic E-state index is 5.91. The van der Waals surface area contributed by atoms with Crippen LogP contribution < -0.4 is 10.6 Å². The van der Waals surface area contributed by atoms with Crippen LogP contribution in [0.4, 0.5) is 11.4 Å². The summed E-state index contributed by atoms with van der Waals surface area (Å²) in [5.41, 5.74) is 10.6. The van der Waals surface area contributed by atoms with E-state index < -0.39 is 0 Å². The number of nitrogens with zero attached hydrogens (tertiary/aromatic N) is 1. The number of hydrogen-bond donors (Lipinski definition) is 1. The second-order valence-corrected chi connectivity index (χ2v) is 5.70. The number of benzene rings is 2. The summed E-state index contributed by atoms with van der Waals surface area (Å²) in [5.74, 6) is 0. The van der Waals surface area contributed by atoms with Crippen molar-refractivity contribution in [2.75, 3.05) is 11.9 Å². The number of para-hydroxylation sites is 1. The zero-order valence-electron chi connectivity index (χ0n) is 11.5. The quantitative estimate of drug-likeness (QED) is 0.899. The van der Waals surface area contributed by atoms with Gasteiger partial charge in [0.05, 0.1) is 5.69 Å². The second-order valence-electron chi connectivity index (χ2n) is 4.85. The van der Waals surface area contributed by atoms with Crippen LogP contribution in [-0.2, 0) is 0 Å². The maximum Gasteiger partial charge on any atom is 0.0552 e. The van der Waals surface area contributed by atoms with Crippen molar-refractivity contribution in [3.63, 3.8) is 0 Å². The molecular formula is C16H19BrN2. The summed E-state index contributed by atoms with van der Waals surface area (Å²) in [7, 11) is 2.08. The monoisotopic (exact) mass is 318 g/mol. The van der Waals surface area contributed by atoms with E-state index in [1.54, 1.807) is 0 Å². The van der Waals surface area contributed by atoms with Crippen LogP contribution >= 0.6 is 15.9 Å². The molecule has 2 rings (SSSR count). The van der Waals surface area contributed by atoms with Gasteiger partial charge in [-0.1, -0.05) is 24.3 Å². The Kier molecular flexibility index (Phi) is 4.27. The summed E-state index contributed by atoms with van der Waals surface area (Å²) in [6.45, 7) is 4.11. The maximum atomic E-state index is 5.91. The van der Waals surface area contributed by atoms with Crippen LogP contribution in [-0.4, -0.2) is 7.05 Å². The molecule has 0 unspecified atom stereocenters. The van der Waals surface area contributed by atoms with E-state index >= 15 is 0 Å². The molecule has 19 heavy (non-hydrogen) atoms. The molecule has 0 spiro atoms. The van der Waals surface area contributed by atoms with E-state index in [0.29, 0.717) is 0 Å². The lowest BCUT2D eigenvalue weighted by atomic mass is 10.1. The van der Waals surface area contributed by atoms with E-state index in [0.717, 1.165) is 15.7 Å². The minimum Gasteiger partial charge on any atom is -0.343 e. The molecule has 0 saturated heterocycles. The molecule has 0 aliphatic carbocycles. The molecule has 0 aliphatic heterocycles. The fraction of sp³-hybridized carbons (Fsp3) is 0.250. The molecule has 0 amide bonds. The smallest absolute Gasteiger partial charge is 0.0552 e. The first kappa shape index (κ1) is 14.1. The third-order valence-corrected chi connectivity index (χ3v) is 3.97. The molecule has 1 atom stereocenters. The number of anilines is 2. The van der Waals surface area contributed by atoms with Gasteiger partial charge in [-0.05, 0) is 59.1 Å². The van der Waals surface area contributed by atoms with Crippen molar-refractivity contribution in [2.24, 2.45) is 5.73 Å². The Morgan fingerprint density at radius 3 is 2.37 bits per heavy atom. The Labute approximate surface area is 123 Å². The van der Waals surface area contributed by atoms with E-state index in [1.807, 2.05) is 6.92 Å².